The summed E-state index contributed by atoms with van der Waals surface area (Å²) in [6.07, 6.45) is 0.910. The van der Waals surface area contributed by atoms with Crippen LogP contribution in [0.4, 0.5) is 24.0 Å². The molecular formula is C22H20F3N5OS. The lowest BCUT2D eigenvalue weighted by atomic mass is 10.0. The minimum Gasteiger partial charge on any atom is -0.332 e. The van der Waals surface area contributed by atoms with Crippen LogP contribution < -0.4 is 5.32 Å². The van der Waals surface area contributed by atoms with Gasteiger partial charge in [-0.1, -0.05) is 6.92 Å². The number of aryl methyl sites for hydroxylation is 1. The number of carbonyl (C=O) groups excluding carboxylic acids is 1. The number of thiazole rings is 1. The Morgan fingerprint density at radius 2 is 1.91 bits per heavy atom. The molecule has 166 valence electrons. The number of carbonyl (C=O) groups is 1. The second-order valence-corrected chi connectivity index (χ2v) is 8.45. The molecule has 0 bridgehead atoms. The fourth-order valence-corrected chi connectivity index (χ4v) is 4.17. The van der Waals surface area contributed by atoms with E-state index >= 15 is 0 Å². The molecule has 0 aliphatic carbocycles. The molecule has 0 radical (unpaired) electrons. The maximum absolute atomic E-state index is 12.8. The van der Waals surface area contributed by atoms with Crippen molar-refractivity contribution in [3.05, 3.63) is 65.2 Å². The van der Waals surface area contributed by atoms with Crippen molar-refractivity contribution in [3.8, 4) is 0 Å². The fourth-order valence-electron chi connectivity index (χ4n) is 3.29. The number of alkyl halides is 3. The Morgan fingerprint density at radius 3 is 2.59 bits per heavy atom. The minimum atomic E-state index is -4.37. The number of nitrogens with zero attached hydrogens (tertiary/aromatic N) is 4. The largest absolute Gasteiger partial charge is 0.416 e. The second-order valence-electron chi connectivity index (χ2n) is 7.39. The number of aromatic nitrogens is 4. The highest BCUT2D eigenvalue weighted by Crippen LogP contribution is 2.33. The zero-order valence-corrected chi connectivity index (χ0v) is 18.2. The molecule has 4 aromatic rings. The molecule has 0 unspecified atom stereocenters. The van der Waals surface area contributed by atoms with Crippen molar-refractivity contribution in [1.82, 2.24) is 19.5 Å². The summed E-state index contributed by atoms with van der Waals surface area (Å²) in [5.74, 6) is -0.161. The van der Waals surface area contributed by atoms with Crippen LogP contribution in [-0.2, 0) is 12.7 Å². The number of ketones is 1. The second kappa shape index (κ2) is 8.70. The zero-order chi connectivity index (χ0) is 22.9. The van der Waals surface area contributed by atoms with Crippen molar-refractivity contribution in [2.45, 2.75) is 38.9 Å². The molecule has 0 amide bonds. The number of hydrogen-bond donors (Lipinski definition) is 1. The summed E-state index contributed by atoms with van der Waals surface area (Å²) >= 11 is 1.36. The van der Waals surface area contributed by atoms with E-state index in [9.17, 15) is 18.0 Å². The zero-order valence-electron chi connectivity index (χ0n) is 17.3. The Hall–Kier alpha value is -3.27. The molecule has 0 saturated carbocycles. The standard InChI is InChI=1S/C22H20F3N5OS/c1-3-30-12-28-17-10-26-16(9-18(17)30)19(31)8-13(2)20-11-27-21(32-20)29-15-6-4-14(5-7-15)22(23,24)25/h4-7,9-13H,3,8H2,1-2H3,(H,27,29)/t13-/m0/s1. The Morgan fingerprint density at radius 1 is 1.16 bits per heavy atom. The van der Waals surface area contributed by atoms with Gasteiger partial charge in [-0.2, -0.15) is 13.2 Å². The van der Waals surface area contributed by atoms with Crippen LogP contribution in [0, 0.1) is 0 Å². The summed E-state index contributed by atoms with van der Waals surface area (Å²) in [4.78, 5) is 26.5. The molecule has 0 saturated heterocycles. The van der Waals surface area contributed by atoms with Crippen LogP contribution in [-0.4, -0.2) is 25.3 Å². The molecule has 6 nitrogen and oxygen atoms in total. The van der Waals surface area contributed by atoms with E-state index in [0.29, 0.717) is 16.5 Å². The number of pyridine rings is 1. The van der Waals surface area contributed by atoms with Gasteiger partial charge in [0, 0.05) is 29.7 Å². The Bertz CT molecular complexity index is 1250. The quantitative estimate of drug-likeness (QED) is 0.341. The van der Waals surface area contributed by atoms with Gasteiger partial charge < -0.3 is 9.88 Å². The third-order valence-electron chi connectivity index (χ3n) is 5.10. The number of rotatable bonds is 7. The number of imidazole rings is 1. The molecule has 0 aliphatic heterocycles. The van der Waals surface area contributed by atoms with Crippen LogP contribution >= 0.6 is 11.3 Å². The summed E-state index contributed by atoms with van der Waals surface area (Å²) in [5, 5.41) is 3.55. The van der Waals surface area contributed by atoms with E-state index in [1.54, 1.807) is 24.8 Å². The summed E-state index contributed by atoms with van der Waals surface area (Å²) in [5.41, 5.74) is 1.82. The first kappa shape index (κ1) is 21.9. The smallest absolute Gasteiger partial charge is 0.332 e. The Balaban J connectivity index is 1.42. The van der Waals surface area contributed by atoms with E-state index in [2.05, 4.69) is 20.3 Å². The van der Waals surface area contributed by atoms with Crippen molar-refractivity contribution in [2.75, 3.05) is 5.32 Å². The molecule has 10 heteroatoms. The highest BCUT2D eigenvalue weighted by atomic mass is 32.1. The van der Waals surface area contributed by atoms with Crippen LogP contribution in [0.1, 0.15) is 47.1 Å². The molecule has 1 aromatic carbocycles. The van der Waals surface area contributed by atoms with Gasteiger partial charge >= 0.3 is 6.18 Å². The number of anilines is 2. The van der Waals surface area contributed by atoms with Crippen molar-refractivity contribution in [2.24, 2.45) is 0 Å². The van der Waals surface area contributed by atoms with Crippen molar-refractivity contribution in [3.63, 3.8) is 0 Å². The summed E-state index contributed by atoms with van der Waals surface area (Å²) in [6, 6.07) is 6.53. The first-order valence-corrected chi connectivity index (χ1v) is 10.8. The van der Waals surface area contributed by atoms with E-state index in [0.717, 1.165) is 34.6 Å². The van der Waals surface area contributed by atoms with Crippen molar-refractivity contribution < 1.29 is 18.0 Å². The lowest BCUT2D eigenvalue weighted by molar-refractivity contribution is -0.137. The maximum Gasteiger partial charge on any atom is 0.416 e. The van der Waals surface area contributed by atoms with Gasteiger partial charge in [-0.25, -0.2) is 9.97 Å². The van der Waals surface area contributed by atoms with Crippen molar-refractivity contribution in [1.29, 1.82) is 0 Å². The monoisotopic (exact) mass is 459 g/mol. The molecular weight excluding hydrogens is 439 g/mol. The third kappa shape index (κ3) is 4.64. The number of nitrogens with one attached hydrogen (secondary N) is 1. The van der Waals surface area contributed by atoms with Crippen LogP contribution in [0.15, 0.2) is 49.1 Å². The van der Waals surface area contributed by atoms with Crippen LogP contribution in [0.25, 0.3) is 11.0 Å². The first-order valence-electron chi connectivity index (χ1n) is 9.98. The highest BCUT2D eigenvalue weighted by Gasteiger charge is 2.30. The van der Waals surface area contributed by atoms with E-state index < -0.39 is 11.7 Å². The average molecular weight is 459 g/mol. The number of Topliss-reactive ketones (excluding diaryl/α,β-unsaturated/α-hetero) is 1. The molecule has 3 aromatic heterocycles. The third-order valence-corrected chi connectivity index (χ3v) is 6.24. The van der Waals surface area contributed by atoms with Gasteiger partial charge in [-0.05, 0) is 43.2 Å². The minimum absolute atomic E-state index is 0.0751. The number of fused-ring (bicyclic) bond motifs is 1. The lowest BCUT2D eigenvalue weighted by Gasteiger charge is -2.09. The summed E-state index contributed by atoms with van der Waals surface area (Å²) < 4.78 is 40.0. The predicted molar refractivity (Wildman–Crippen MR) is 117 cm³/mol. The fraction of sp³-hybridized carbons (Fsp3) is 0.273. The summed E-state index contributed by atoms with van der Waals surface area (Å²) in [6.45, 7) is 4.69. The van der Waals surface area contributed by atoms with Crippen LogP contribution in [0.3, 0.4) is 0 Å². The molecule has 3 heterocycles. The van der Waals surface area contributed by atoms with Gasteiger partial charge in [-0.3, -0.25) is 9.78 Å². The van der Waals surface area contributed by atoms with Crippen LogP contribution in [0.5, 0.6) is 0 Å². The molecule has 0 fully saturated rings. The molecule has 1 N–H and O–H groups in total. The van der Waals surface area contributed by atoms with E-state index in [4.69, 9.17) is 0 Å². The van der Waals surface area contributed by atoms with Gasteiger partial charge in [0.05, 0.1) is 23.6 Å². The molecule has 32 heavy (non-hydrogen) atoms. The first-order chi connectivity index (χ1) is 15.2. The van der Waals surface area contributed by atoms with E-state index in [1.807, 2.05) is 18.4 Å². The SMILES string of the molecule is CCn1cnc2cnc(C(=O)C[C@H](C)c3cnc(Nc4ccc(C(F)(F)F)cc4)s3)cc21. The average Bonchev–Trinajstić information content (AvgIpc) is 3.39. The van der Waals surface area contributed by atoms with Crippen LogP contribution in [0.2, 0.25) is 0 Å². The highest BCUT2D eigenvalue weighted by molar-refractivity contribution is 7.15. The normalized spacial score (nSPS) is 12.8. The number of benzene rings is 1. The van der Waals surface area contributed by atoms with E-state index in [-0.39, 0.29) is 18.1 Å². The van der Waals surface area contributed by atoms with Gasteiger partial charge in [0.2, 0.25) is 0 Å². The molecule has 1 atom stereocenters. The maximum atomic E-state index is 12.8. The lowest BCUT2D eigenvalue weighted by Crippen LogP contribution is -2.06. The molecule has 0 spiro atoms. The van der Waals surface area contributed by atoms with Gasteiger partial charge in [0.25, 0.3) is 0 Å². The molecule has 0 aliphatic rings. The Labute approximate surface area is 186 Å². The van der Waals surface area contributed by atoms with E-state index in [1.165, 1.54) is 23.5 Å². The van der Waals surface area contributed by atoms with Crippen molar-refractivity contribution >= 4 is 39.0 Å². The predicted octanol–water partition coefficient (Wildman–Crippen LogP) is 6.05. The van der Waals surface area contributed by atoms with Gasteiger partial charge in [-0.15, -0.1) is 11.3 Å². The van der Waals surface area contributed by atoms with Gasteiger partial charge in [0.15, 0.2) is 10.9 Å². The number of hydrogen-bond acceptors (Lipinski definition) is 6. The van der Waals surface area contributed by atoms with Gasteiger partial charge in [0.1, 0.15) is 11.2 Å². The summed E-state index contributed by atoms with van der Waals surface area (Å²) in [7, 11) is 0. The topological polar surface area (TPSA) is 72.7 Å². The number of halogens is 3. The Kier molecular flexibility index (Phi) is 5.96. The molecule has 4 rings (SSSR count).